The average molecular weight is 506 g/mol. The van der Waals surface area contributed by atoms with Gasteiger partial charge in [0.25, 0.3) is 0 Å². The van der Waals surface area contributed by atoms with Gasteiger partial charge in [0, 0.05) is 0 Å². The van der Waals surface area contributed by atoms with Crippen molar-refractivity contribution < 1.29 is 19.2 Å². The van der Waals surface area contributed by atoms with Gasteiger partial charge in [0.05, 0.1) is 0 Å². The summed E-state index contributed by atoms with van der Waals surface area (Å²) in [6, 6.07) is 20.4. The summed E-state index contributed by atoms with van der Waals surface area (Å²) in [4.78, 5) is 0. The predicted molar refractivity (Wildman–Crippen MR) is 123 cm³/mol. The Kier molecular flexibility index (Phi) is 7.34. The molecule has 0 nitrogen and oxygen atoms in total. The fourth-order valence-corrected chi connectivity index (χ4v) is 16.4. The van der Waals surface area contributed by atoms with Gasteiger partial charge in [-0.2, -0.15) is 0 Å². The van der Waals surface area contributed by atoms with Gasteiger partial charge in [0.2, 0.25) is 0 Å². The van der Waals surface area contributed by atoms with Gasteiger partial charge in [-0.1, -0.05) is 0 Å². The topological polar surface area (TPSA) is 0 Å². The third-order valence-electron chi connectivity index (χ3n) is 7.36. The van der Waals surface area contributed by atoms with Crippen molar-refractivity contribution in [2.75, 3.05) is 0 Å². The van der Waals surface area contributed by atoms with Gasteiger partial charge in [-0.05, 0) is 0 Å². The number of alkyl halides is 1. The van der Waals surface area contributed by atoms with Crippen LogP contribution in [0.25, 0.3) is 11.1 Å². The predicted octanol–water partition coefficient (Wildman–Crippen LogP) is 7.46. The Morgan fingerprint density at radius 3 is 1.79 bits per heavy atom. The molecule has 0 aromatic heterocycles. The monoisotopic (exact) mass is 505 g/mol. The maximum absolute atomic E-state index is 7.20. The van der Waals surface area contributed by atoms with E-state index in [1.165, 1.54) is 75.3 Å². The Hall–Kier alpha value is -0.178. The summed E-state index contributed by atoms with van der Waals surface area (Å²) in [6.07, 6.45) is 14.0. The summed E-state index contributed by atoms with van der Waals surface area (Å²) < 4.78 is 0.160. The first kappa shape index (κ1) is 21.1. The van der Waals surface area contributed by atoms with Crippen molar-refractivity contribution in [3.8, 4) is 11.1 Å². The minimum atomic E-state index is -1.91. The van der Waals surface area contributed by atoms with Gasteiger partial charge < -0.3 is 0 Å². The standard InChI is InChI=1S/C25H33ClP.Pd/c26-20-27(23-14-6-2-7-15-23,24-16-8-3-9-17-24)25-18-10-13-22(19-25)21-11-4-1-5-12-21;/h1,4-5,10-13,18-20,23-24,27H,2-3,6-9,14-17H2;. The van der Waals surface area contributed by atoms with Crippen LogP contribution in [0.15, 0.2) is 54.6 Å². The van der Waals surface area contributed by atoms with E-state index in [4.69, 9.17) is 11.6 Å². The van der Waals surface area contributed by atoms with E-state index in [1.54, 1.807) is 5.30 Å². The molecule has 1 unspecified atom stereocenters. The van der Waals surface area contributed by atoms with E-state index in [9.17, 15) is 0 Å². The van der Waals surface area contributed by atoms with Crippen molar-refractivity contribution in [2.24, 2.45) is 0 Å². The zero-order valence-corrected chi connectivity index (χ0v) is 20.0. The average Bonchev–Trinajstić information content (AvgIpc) is 2.76. The molecule has 2 aromatic rings. The van der Waals surface area contributed by atoms with Crippen LogP contribution in [0.1, 0.15) is 64.2 Å². The number of rotatable bonds is 5. The molecule has 0 amide bonds. The summed E-state index contributed by atoms with van der Waals surface area (Å²) in [5.41, 5.74) is 4.33. The molecule has 2 aliphatic rings. The minimum absolute atomic E-state index is 0.160. The van der Waals surface area contributed by atoms with Gasteiger partial charge in [-0.25, -0.2) is 0 Å². The summed E-state index contributed by atoms with van der Waals surface area (Å²) in [5, 5.41) is 1.61. The number of hydrogen-bond acceptors (Lipinski definition) is 0. The van der Waals surface area contributed by atoms with Crippen LogP contribution in [-0.4, -0.2) is 14.9 Å². The molecule has 2 aliphatic carbocycles. The molecule has 3 heteroatoms. The molecule has 2 aromatic carbocycles. The molecule has 0 saturated heterocycles. The molecular weight excluding hydrogens is 473 g/mol. The van der Waals surface area contributed by atoms with E-state index in [1.807, 2.05) is 0 Å². The Morgan fingerprint density at radius 1 is 0.714 bits per heavy atom. The van der Waals surface area contributed by atoms with Crippen molar-refractivity contribution in [3.05, 3.63) is 54.6 Å². The van der Waals surface area contributed by atoms with Crippen molar-refractivity contribution >= 4 is 24.2 Å². The molecule has 0 spiro atoms. The second-order valence-electron chi connectivity index (χ2n) is 8.82. The van der Waals surface area contributed by atoms with Gasteiger partial charge in [-0.3, -0.25) is 0 Å². The van der Waals surface area contributed by atoms with Crippen LogP contribution in [0, 0.1) is 0 Å². The van der Waals surface area contributed by atoms with Crippen LogP contribution in [0.4, 0.5) is 0 Å². The molecule has 1 atom stereocenters. The molecule has 2 saturated carbocycles. The first-order valence-electron chi connectivity index (χ1n) is 11.1. The number of hydrogen-bond donors (Lipinski definition) is 0. The Bertz CT molecular complexity index is 730. The van der Waals surface area contributed by atoms with E-state index in [2.05, 4.69) is 73.8 Å². The quantitative estimate of drug-likeness (QED) is 0.224. The fraction of sp³-hybridized carbons (Fsp3) is 0.520. The molecular formula is C25H33ClPPd. The molecule has 0 N–H and O–H groups in total. The van der Waals surface area contributed by atoms with Gasteiger partial charge in [-0.15, -0.1) is 0 Å². The summed E-state index contributed by atoms with van der Waals surface area (Å²) in [7, 11) is -1.91. The third kappa shape index (κ3) is 4.16. The van der Waals surface area contributed by atoms with Gasteiger partial charge in [0.1, 0.15) is 0 Å². The second kappa shape index (κ2) is 9.75. The number of benzene rings is 2. The normalized spacial score (nSPS) is 21.4. The first-order valence-corrected chi connectivity index (χ1v) is 14.7. The summed E-state index contributed by atoms with van der Waals surface area (Å²) in [5.74, 6) is 0. The van der Waals surface area contributed by atoms with E-state index in [-0.39, 0.29) is 3.59 Å². The van der Waals surface area contributed by atoms with Gasteiger partial charge in [0.15, 0.2) is 0 Å². The van der Waals surface area contributed by atoms with Crippen molar-refractivity contribution in [3.63, 3.8) is 0 Å². The molecule has 4 rings (SSSR count). The first-order chi connectivity index (χ1) is 13.7. The Balaban J connectivity index is 1.82. The molecule has 155 valence electrons. The zero-order chi connectivity index (χ0) is 19.4. The van der Waals surface area contributed by atoms with Crippen LogP contribution in [0.2, 0.25) is 0 Å². The maximum atomic E-state index is 7.20. The van der Waals surface area contributed by atoms with Crippen molar-refractivity contribution in [1.29, 1.82) is 0 Å². The molecule has 28 heavy (non-hydrogen) atoms. The Labute approximate surface area is 187 Å². The number of halogens is 1. The van der Waals surface area contributed by atoms with E-state index < -0.39 is 7.26 Å². The fourth-order valence-electron chi connectivity index (χ4n) is 6.01. The van der Waals surface area contributed by atoms with Crippen molar-refractivity contribution in [2.45, 2.75) is 79.1 Å². The van der Waals surface area contributed by atoms with E-state index in [0.29, 0.717) is 0 Å². The zero-order valence-electron chi connectivity index (χ0n) is 16.7. The van der Waals surface area contributed by atoms with Gasteiger partial charge >= 0.3 is 188 Å². The molecule has 0 bridgehead atoms. The third-order valence-corrected chi connectivity index (χ3v) is 16.5. The van der Waals surface area contributed by atoms with Crippen LogP contribution in [0.5, 0.6) is 0 Å². The van der Waals surface area contributed by atoms with Crippen LogP contribution in [-0.2, 0) is 19.2 Å². The SMILES string of the molecule is Cl[CH]([Pd])[PH](c1cccc(-c2ccccc2)c1)(C1CCCCC1)C1CCCCC1. The van der Waals surface area contributed by atoms with Crippen LogP contribution in [0.3, 0.4) is 0 Å². The Morgan fingerprint density at radius 2 is 1.25 bits per heavy atom. The molecule has 2 fully saturated rings. The van der Waals surface area contributed by atoms with E-state index >= 15 is 0 Å². The summed E-state index contributed by atoms with van der Waals surface area (Å²) >= 11 is 10.9. The molecule has 0 heterocycles. The summed E-state index contributed by atoms with van der Waals surface area (Å²) in [6.45, 7) is 0. The van der Waals surface area contributed by atoms with Crippen LogP contribution >= 0.6 is 18.9 Å². The second-order valence-corrected chi connectivity index (χ2v) is 16.5. The van der Waals surface area contributed by atoms with Crippen LogP contribution < -0.4 is 5.30 Å². The molecule has 0 aliphatic heterocycles. The van der Waals surface area contributed by atoms with Crippen molar-refractivity contribution in [1.82, 2.24) is 0 Å². The van der Waals surface area contributed by atoms with E-state index in [0.717, 1.165) is 11.3 Å². The molecule has 0 radical (unpaired) electrons.